The van der Waals surface area contributed by atoms with E-state index in [-0.39, 0.29) is 24.3 Å². The number of aliphatic hydroxyl groups excluding tert-OH is 1. The molecule has 0 aliphatic rings. The normalized spacial score (nSPS) is 12.5. The molecule has 0 amide bonds. The van der Waals surface area contributed by atoms with Crippen molar-refractivity contribution < 1.29 is 9.84 Å². The maximum atomic E-state index is 12.4. The highest BCUT2D eigenvalue weighted by Crippen LogP contribution is 2.18. The molecule has 2 heterocycles. The Balaban J connectivity index is 1.81. The molecule has 0 saturated carbocycles. The average molecular weight is 409 g/mol. The number of aromatic nitrogens is 4. The first-order chi connectivity index (χ1) is 11.9. The van der Waals surface area contributed by atoms with E-state index in [0.29, 0.717) is 5.75 Å². The minimum absolute atomic E-state index is 0.0577. The van der Waals surface area contributed by atoms with Crippen molar-refractivity contribution in [1.82, 2.24) is 18.7 Å². The first kappa shape index (κ1) is 17.4. The molecule has 0 fully saturated rings. The fourth-order valence-electron chi connectivity index (χ4n) is 2.56. The molecule has 3 rings (SSSR count). The van der Waals surface area contributed by atoms with E-state index in [2.05, 4.69) is 20.9 Å². The number of hydrogen-bond acceptors (Lipinski definition) is 5. The molecule has 0 saturated heterocycles. The highest BCUT2D eigenvalue weighted by atomic mass is 79.9. The number of rotatable bonds is 5. The Hall–Kier alpha value is -2.39. The van der Waals surface area contributed by atoms with Crippen molar-refractivity contribution in [2.75, 3.05) is 6.61 Å². The van der Waals surface area contributed by atoms with Gasteiger partial charge in [-0.25, -0.2) is 9.78 Å². The summed E-state index contributed by atoms with van der Waals surface area (Å²) in [6.07, 6.45) is 0.590. The summed E-state index contributed by atoms with van der Waals surface area (Å²) in [5.41, 5.74) is -0.337. The Morgan fingerprint density at radius 1 is 1.28 bits per heavy atom. The van der Waals surface area contributed by atoms with E-state index in [1.165, 1.54) is 22.5 Å². The van der Waals surface area contributed by atoms with Gasteiger partial charge in [0.05, 0.1) is 12.9 Å². The predicted molar refractivity (Wildman–Crippen MR) is 95.9 cm³/mol. The molecule has 0 radical (unpaired) electrons. The van der Waals surface area contributed by atoms with E-state index in [4.69, 9.17) is 4.74 Å². The van der Waals surface area contributed by atoms with Crippen molar-refractivity contribution in [3.63, 3.8) is 0 Å². The van der Waals surface area contributed by atoms with Crippen LogP contribution in [-0.2, 0) is 20.6 Å². The molecule has 1 N–H and O–H groups in total. The van der Waals surface area contributed by atoms with Crippen LogP contribution in [-0.4, -0.2) is 36.5 Å². The van der Waals surface area contributed by atoms with E-state index in [0.717, 1.165) is 9.04 Å². The van der Waals surface area contributed by atoms with Crippen LogP contribution in [0.2, 0.25) is 0 Å². The summed E-state index contributed by atoms with van der Waals surface area (Å²) < 4.78 is 10.3. The van der Waals surface area contributed by atoms with Gasteiger partial charge < -0.3 is 14.4 Å². The minimum Gasteiger partial charge on any atom is -0.491 e. The molecule has 0 unspecified atom stereocenters. The van der Waals surface area contributed by atoms with Crippen LogP contribution in [0.25, 0.3) is 11.2 Å². The fourth-order valence-corrected chi connectivity index (χ4v) is 2.94. The molecule has 0 bridgehead atoms. The Kier molecular flexibility index (Phi) is 4.78. The average Bonchev–Trinajstić information content (AvgIpc) is 3.00. The van der Waals surface area contributed by atoms with Crippen LogP contribution in [0.5, 0.6) is 5.75 Å². The third-order valence-corrected chi connectivity index (χ3v) is 4.36. The Morgan fingerprint density at radius 2 is 2.04 bits per heavy atom. The Labute approximate surface area is 151 Å². The van der Waals surface area contributed by atoms with Gasteiger partial charge in [-0.15, -0.1) is 0 Å². The third kappa shape index (κ3) is 3.38. The second-order valence-electron chi connectivity index (χ2n) is 5.70. The van der Waals surface area contributed by atoms with Crippen molar-refractivity contribution in [3.05, 3.63) is 55.9 Å². The molecule has 2 aromatic heterocycles. The first-order valence-corrected chi connectivity index (χ1v) is 8.35. The molecule has 1 atom stereocenters. The van der Waals surface area contributed by atoms with Gasteiger partial charge in [0.15, 0.2) is 11.2 Å². The summed E-state index contributed by atoms with van der Waals surface area (Å²) in [7, 11) is 2.96. The lowest BCUT2D eigenvalue weighted by Crippen LogP contribution is -2.38. The van der Waals surface area contributed by atoms with E-state index < -0.39 is 17.4 Å². The fraction of sp³-hybridized carbons (Fsp3) is 0.312. The van der Waals surface area contributed by atoms with E-state index in [1.807, 2.05) is 12.1 Å². The SMILES string of the molecule is Cn1c(=O)c2c(ncn2C[C@@H](O)COc2cccc(Br)c2)n(C)c1=O. The molecule has 1 aromatic carbocycles. The van der Waals surface area contributed by atoms with Crippen molar-refractivity contribution in [3.8, 4) is 5.75 Å². The van der Waals surface area contributed by atoms with Gasteiger partial charge >= 0.3 is 5.69 Å². The highest BCUT2D eigenvalue weighted by molar-refractivity contribution is 9.10. The number of hydrogen-bond donors (Lipinski definition) is 1. The zero-order valence-corrected chi connectivity index (χ0v) is 15.3. The summed E-state index contributed by atoms with van der Waals surface area (Å²) in [5, 5.41) is 10.2. The van der Waals surface area contributed by atoms with Crippen LogP contribution in [0.15, 0.2) is 44.7 Å². The topological polar surface area (TPSA) is 91.3 Å². The van der Waals surface area contributed by atoms with Crippen LogP contribution in [0, 0.1) is 0 Å². The van der Waals surface area contributed by atoms with Gasteiger partial charge in [-0.2, -0.15) is 0 Å². The molecule has 0 aliphatic heterocycles. The lowest BCUT2D eigenvalue weighted by Gasteiger charge is -2.14. The van der Waals surface area contributed by atoms with Gasteiger partial charge in [0.1, 0.15) is 18.5 Å². The predicted octanol–water partition coefficient (Wildman–Crippen LogP) is 0.636. The standard InChI is InChI=1S/C16H17BrN4O4/c1-19-14-13(15(23)20(2)16(19)24)21(9-18-14)7-11(22)8-25-12-5-3-4-10(17)6-12/h3-6,9,11,22H,7-8H2,1-2H3/t11-/m1/s1. The van der Waals surface area contributed by atoms with Crippen LogP contribution in [0.4, 0.5) is 0 Å². The number of aliphatic hydroxyl groups is 1. The van der Waals surface area contributed by atoms with Crippen LogP contribution >= 0.6 is 15.9 Å². The van der Waals surface area contributed by atoms with Gasteiger partial charge in [-0.05, 0) is 18.2 Å². The lowest BCUT2D eigenvalue weighted by molar-refractivity contribution is 0.0933. The summed E-state index contributed by atoms with van der Waals surface area (Å²) >= 11 is 3.35. The first-order valence-electron chi connectivity index (χ1n) is 7.55. The second kappa shape index (κ2) is 6.85. The Bertz CT molecular complexity index is 1040. The maximum absolute atomic E-state index is 12.4. The number of imidazole rings is 1. The molecule has 25 heavy (non-hydrogen) atoms. The van der Waals surface area contributed by atoms with E-state index in [1.54, 1.807) is 19.2 Å². The second-order valence-corrected chi connectivity index (χ2v) is 6.61. The number of halogens is 1. The summed E-state index contributed by atoms with van der Waals surface area (Å²) in [4.78, 5) is 28.4. The summed E-state index contributed by atoms with van der Waals surface area (Å²) in [5.74, 6) is 0.627. The van der Waals surface area contributed by atoms with E-state index in [9.17, 15) is 14.7 Å². The molecule has 0 spiro atoms. The number of ether oxygens (including phenoxy) is 1. The number of nitrogens with zero attached hydrogens (tertiary/aromatic N) is 4. The van der Waals surface area contributed by atoms with Crippen LogP contribution in [0.1, 0.15) is 0 Å². The third-order valence-electron chi connectivity index (χ3n) is 3.86. The summed E-state index contributed by atoms with van der Waals surface area (Å²) in [6.45, 7) is 0.181. The van der Waals surface area contributed by atoms with Gasteiger partial charge in [-0.3, -0.25) is 13.9 Å². The molecular formula is C16H17BrN4O4. The number of fused-ring (bicyclic) bond motifs is 1. The lowest BCUT2D eigenvalue weighted by atomic mass is 10.3. The van der Waals surface area contributed by atoms with Gasteiger partial charge in [0, 0.05) is 18.6 Å². The quantitative estimate of drug-likeness (QED) is 0.668. The van der Waals surface area contributed by atoms with Crippen LogP contribution < -0.4 is 16.0 Å². The van der Waals surface area contributed by atoms with E-state index >= 15 is 0 Å². The molecule has 8 nitrogen and oxygen atoms in total. The minimum atomic E-state index is -0.849. The van der Waals surface area contributed by atoms with Crippen molar-refractivity contribution in [2.24, 2.45) is 14.1 Å². The Morgan fingerprint density at radius 3 is 2.76 bits per heavy atom. The van der Waals surface area contributed by atoms with Crippen LogP contribution in [0.3, 0.4) is 0 Å². The molecule has 132 valence electrons. The monoisotopic (exact) mass is 408 g/mol. The molecule has 3 aromatic rings. The molecule has 9 heteroatoms. The molecule has 0 aliphatic carbocycles. The smallest absolute Gasteiger partial charge is 0.332 e. The highest BCUT2D eigenvalue weighted by Gasteiger charge is 2.16. The van der Waals surface area contributed by atoms with Gasteiger partial charge in [-0.1, -0.05) is 22.0 Å². The van der Waals surface area contributed by atoms with Gasteiger partial charge in [0.2, 0.25) is 0 Å². The number of benzene rings is 1. The largest absolute Gasteiger partial charge is 0.491 e. The zero-order chi connectivity index (χ0) is 18.1. The maximum Gasteiger partial charge on any atom is 0.332 e. The van der Waals surface area contributed by atoms with Crippen molar-refractivity contribution in [2.45, 2.75) is 12.6 Å². The molecular weight excluding hydrogens is 392 g/mol. The summed E-state index contributed by atoms with van der Waals surface area (Å²) in [6, 6.07) is 7.29. The van der Waals surface area contributed by atoms with Crippen molar-refractivity contribution >= 4 is 27.1 Å². The van der Waals surface area contributed by atoms with Gasteiger partial charge in [0.25, 0.3) is 5.56 Å². The van der Waals surface area contributed by atoms with Crippen molar-refractivity contribution in [1.29, 1.82) is 0 Å². The zero-order valence-electron chi connectivity index (χ0n) is 13.7. The number of aryl methyl sites for hydroxylation is 1.